The lowest BCUT2D eigenvalue weighted by molar-refractivity contribution is 0.0979. The van der Waals surface area contributed by atoms with Crippen molar-refractivity contribution in [3.63, 3.8) is 0 Å². The molecule has 2 aromatic rings. The maximum Gasteiger partial charge on any atom is 0.185 e. The Kier molecular flexibility index (Phi) is 4.64. The number of hydrogen-bond acceptors (Lipinski definition) is 3. The number of nitriles is 1. The molecule has 0 amide bonds. The van der Waals surface area contributed by atoms with E-state index < -0.39 is 5.92 Å². The first-order valence-corrected chi connectivity index (χ1v) is 7.59. The molecule has 2 rings (SSSR count). The van der Waals surface area contributed by atoms with E-state index in [2.05, 4.69) is 15.9 Å². The highest BCUT2D eigenvalue weighted by Crippen LogP contribution is 2.34. The predicted octanol–water partition coefficient (Wildman–Crippen LogP) is 5.31. The van der Waals surface area contributed by atoms with Crippen molar-refractivity contribution in [3.8, 4) is 6.07 Å². The molecule has 1 atom stereocenters. The quantitative estimate of drug-likeness (QED) is 0.683. The van der Waals surface area contributed by atoms with Crippen LogP contribution in [0.3, 0.4) is 0 Å². The van der Waals surface area contributed by atoms with E-state index in [9.17, 15) is 10.1 Å². The summed E-state index contributed by atoms with van der Waals surface area (Å²) < 4.78 is 0.831. The monoisotopic (exact) mass is 373 g/mol. The fraction of sp³-hybridized carbons (Fsp3) is 0.0769. The number of Topliss-reactive ketones (excluding diaryl/α,β-unsaturated/α-hetero) is 1. The Morgan fingerprint density at radius 2 is 2.00 bits per heavy atom. The van der Waals surface area contributed by atoms with Gasteiger partial charge >= 0.3 is 0 Å². The molecule has 96 valence electrons. The van der Waals surface area contributed by atoms with Crippen molar-refractivity contribution >= 4 is 56.3 Å². The Morgan fingerprint density at radius 1 is 1.37 bits per heavy atom. The summed E-state index contributed by atoms with van der Waals surface area (Å²) in [6.07, 6.45) is 0. The Bertz CT molecular complexity index is 657. The molecule has 0 aliphatic heterocycles. The molecule has 0 aliphatic rings. The minimum absolute atomic E-state index is 0.306. The SMILES string of the molecule is N#CC(C(=O)c1csc(Br)c1)c1c(Cl)cccc1Cl. The normalized spacial score (nSPS) is 11.9. The van der Waals surface area contributed by atoms with E-state index in [1.54, 1.807) is 29.6 Å². The zero-order valence-corrected chi connectivity index (χ0v) is 13.3. The van der Waals surface area contributed by atoms with Gasteiger partial charge in [-0.2, -0.15) is 5.26 Å². The second kappa shape index (κ2) is 6.06. The standard InChI is InChI=1S/C13H6BrCl2NOS/c14-11-4-7(6-19-11)13(18)8(5-17)12-9(15)2-1-3-10(12)16/h1-4,6,8H. The van der Waals surface area contributed by atoms with Gasteiger partial charge in [0.25, 0.3) is 0 Å². The summed E-state index contributed by atoms with van der Waals surface area (Å²) in [5.74, 6) is -1.30. The second-order valence-electron chi connectivity index (χ2n) is 3.70. The molecule has 1 heterocycles. The fourth-order valence-corrected chi connectivity index (χ4v) is 3.41. The average molecular weight is 375 g/mol. The second-order valence-corrected chi connectivity index (χ2v) is 6.81. The van der Waals surface area contributed by atoms with Gasteiger partial charge in [0.1, 0.15) is 5.92 Å². The number of ketones is 1. The molecule has 19 heavy (non-hydrogen) atoms. The maximum atomic E-state index is 12.3. The zero-order valence-electron chi connectivity index (χ0n) is 9.36. The number of carbonyl (C=O) groups is 1. The van der Waals surface area contributed by atoms with E-state index in [4.69, 9.17) is 23.2 Å². The smallest absolute Gasteiger partial charge is 0.185 e. The van der Waals surface area contributed by atoms with Crippen LogP contribution in [0.15, 0.2) is 33.4 Å². The molecule has 0 fully saturated rings. The van der Waals surface area contributed by atoms with Gasteiger partial charge in [-0.15, -0.1) is 11.3 Å². The zero-order chi connectivity index (χ0) is 14.0. The van der Waals surface area contributed by atoms with E-state index in [1.165, 1.54) is 11.3 Å². The molecule has 0 bridgehead atoms. The van der Waals surface area contributed by atoms with Crippen LogP contribution in [0.25, 0.3) is 0 Å². The molecule has 1 unspecified atom stereocenters. The molecule has 1 aromatic heterocycles. The molecule has 0 saturated carbocycles. The highest BCUT2D eigenvalue weighted by molar-refractivity contribution is 9.11. The van der Waals surface area contributed by atoms with Crippen LogP contribution in [0, 0.1) is 11.3 Å². The van der Waals surface area contributed by atoms with Crippen LogP contribution in [-0.2, 0) is 0 Å². The van der Waals surface area contributed by atoms with Gasteiger partial charge in [0.2, 0.25) is 0 Å². The summed E-state index contributed by atoms with van der Waals surface area (Å²) in [7, 11) is 0. The molecule has 0 saturated heterocycles. The van der Waals surface area contributed by atoms with Gasteiger partial charge in [0.15, 0.2) is 5.78 Å². The summed E-state index contributed by atoms with van der Waals surface area (Å²) in [5, 5.41) is 11.6. The molecule has 1 aromatic carbocycles. The summed E-state index contributed by atoms with van der Waals surface area (Å²) in [4.78, 5) is 12.3. The Hall–Kier alpha value is -0.860. The van der Waals surface area contributed by atoms with E-state index in [-0.39, 0.29) is 5.78 Å². The van der Waals surface area contributed by atoms with Crippen LogP contribution >= 0.6 is 50.5 Å². The van der Waals surface area contributed by atoms with Crippen molar-refractivity contribution in [2.24, 2.45) is 0 Å². The van der Waals surface area contributed by atoms with Crippen molar-refractivity contribution in [2.45, 2.75) is 5.92 Å². The van der Waals surface area contributed by atoms with Crippen LogP contribution in [-0.4, -0.2) is 5.78 Å². The first-order valence-electron chi connectivity index (χ1n) is 5.16. The lowest BCUT2D eigenvalue weighted by atomic mass is 9.93. The van der Waals surface area contributed by atoms with Gasteiger partial charge in [-0.25, -0.2) is 0 Å². The maximum absolute atomic E-state index is 12.3. The van der Waals surface area contributed by atoms with Gasteiger partial charge in [0.05, 0.1) is 9.86 Å². The minimum atomic E-state index is -0.998. The molecule has 0 aliphatic carbocycles. The first kappa shape index (κ1) is 14.5. The van der Waals surface area contributed by atoms with E-state index in [0.29, 0.717) is 21.2 Å². The summed E-state index contributed by atoms with van der Waals surface area (Å²) in [6, 6.07) is 8.57. The molecule has 2 nitrogen and oxygen atoms in total. The molecule has 0 N–H and O–H groups in total. The van der Waals surface area contributed by atoms with Crippen LogP contribution in [0.4, 0.5) is 0 Å². The molecule has 6 heteroatoms. The first-order chi connectivity index (χ1) is 9.04. The number of nitrogens with zero attached hydrogens (tertiary/aromatic N) is 1. The van der Waals surface area contributed by atoms with E-state index >= 15 is 0 Å². The van der Waals surface area contributed by atoms with Gasteiger partial charge in [-0.1, -0.05) is 29.3 Å². The minimum Gasteiger partial charge on any atom is -0.292 e. The van der Waals surface area contributed by atoms with Crippen LogP contribution in [0.2, 0.25) is 10.0 Å². The number of hydrogen-bond donors (Lipinski definition) is 0. The van der Waals surface area contributed by atoms with Crippen molar-refractivity contribution in [3.05, 3.63) is 54.6 Å². The third-order valence-electron chi connectivity index (χ3n) is 2.53. The summed E-state index contributed by atoms with van der Waals surface area (Å²) in [5.41, 5.74) is 0.833. The van der Waals surface area contributed by atoms with Crippen molar-refractivity contribution in [1.82, 2.24) is 0 Å². The highest BCUT2D eigenvalue weighted by Gasteiger charge is 2.26. The van der Waals surface area contributed by atoms with Gasteiger partial charge in [0, 0.05) is 26.6 Å². The van der Waals surface area contributed by atoms with Crippen molar-refractivity contribution < 1.29 is 4.79 Å². The largest absolute Gasteiger partial charge is 0.292 e. The summed E-state index contributed by atoms with van der Waals surface area (Å²) >= 11 is 16.8. The lowest BCUT2D eigenvalue weighted by Crippen LogP contribution is -2.11. The third-order valence-corrected chi connectivity index (χ3v) is 4.70. The third kappa shape index (κ3) is 3.01. The van der Waals surface area contributed by atoms with Crippen LogP contribution in [0.5, 0.6) is 0 Å². The lowest BCUT2D eigenvalue weighted by Gasteiger charge is -2.11. The van der Waals surface area contributed by atoms with Gasteiger partial charge in [-0.05, 0) is 34.1 Å². The Morgan fingerprint density at radius 3 is 2.47 bits per heavy atom. The number of thiophene rings is 1. The number of halogens is 3. The molecular formula is C13H6BrCl2NOS. The average Bonchev–Trinajstić information content (AvgIpc) is 2.80. The summed E-state index contributed by atoms with van der Waals surface area (Å²) in [6.45, 7) is 0. The topological polar surface area (TPSA) is 40.9 Å². The predicted molar refractivity (Wildman–Crippen MR) is 81.2 cm³/mol. The van der Waals surface area contributed by atoms with E-state index in [0.717, 1.165) is 3.79 Å². The van der Waals surface area contributed by atoms with Crippen LogP contribution < -0.4 is 0 Å². The molecular weight excluding hydrogens is 369 g/mol. The molecule has 0 spiro atoms. The number of rotatable bonds is 3. The highest BCUT2D eigenvalue weighted by atomic mass is 79.9. The fourth-order valence-electron chi connectivity index (χ4n) is 1.65. The Balaban J connectivity index is 2.47. The van der Waals surface area contributed by atoms with Gasteiger partial charge < -0.3 is 0 Å². The number of benzene rings is 1. The van der Waals surface area contributed by atoms with Crippen LogP contribution in [0.1, 0.15) is 21.8 Å². The van der Waals surface area contributed by atoms with Gasteiger partial charge in [-0.3, -0.25) is 4.79 Å². The van der Waals surface area contributed by atoms with Crippen molar-refractivity contribution in [1.29, 1.82) is 5.26 Å². The van der Waals surface area contributed by atoms with Crippen molar-refractivity contribution in [2.75, 3.05) is 0 Å². The van der Waals surface area contributed by atoms with E-state index in [1.807, 2.05) is 6.07 Å². The molecule has 0 radical (unpaired) electrons. The Labute approximate surface area is 132 Å². The number of carbonyl (C=O) groups excluding carboxylic acids is 1.